The van der Waals surface area contributed by atoms with Gasteiger partial charge < -0.3 is 9.84 Å². The predicted molar refractivity (Wildman–Crippen MR) is 78.7 cm³/mol. The molecule has 0 spiro atoms. The van der Waals surface area contributed by atoms with Crippen LogP contribution in [0.1, 0.15) is 16.1 Å². The smallest absolute Gasteiger partial charge is 0.356 e. The summed E-state index contributed by atoms with van der Waals surface area (Å²) in [5.74, 6) is -0.257. The lowest BCUT2D eigenvalue weighted by Crippen LogP contribution is -1.99. The van der Waals surface area contributed by atoms with E-state index in [1.54, 1.807) is 36.7 Å². The number of hydrogen-bond donors (Lipinski definition) is 1. The lowest BCUT2D eigenvalue weighted by Gasteiger charge is -2.12. The summed E-state index contributed by atoms with van der Waals surface area (Å²) in [7, 11) is 3.36. The van der Waals surface area contributed by atoms with Gasteiger partial charge in [0.15, 0.2) is 5.69 Å². The largest absolute Gasteiger partial charge is 0.496 e. The van der Waals surface area contributed by atoms with Gasteiger partial charge >= 0.3 is 5.97 Å². The number of methoxy groups -OCH3 is 1. The number of carboxylic acids is 1. The van der Waals surface area contributed by atoms with E-state index in [2.05, 4.69) is 5.10 Å². The Labute approximate surface area is 121 Å². The number of hydrogen-bond acceptors (Lipinski definition) is 4. The molecule has 106 valence electrons. The first-order chi connectivity index (χ1) is 9.47. The molecule has 0 aliphatic rings. The van der Waals surface area contributed by atoms with Crippen LogP contribution in [0.25, 0.3) is 11.3 Å². The third-order valence-corrected chi connectivity index (χ3v) is 3.87. The van der Waals surface area contributed by atoms with E-state index in [0.29, 0.717) is 0 Å². The Morgan fingerprint density at radius 2 is 2.10 bits per heavy atom. The van der Waals surface area contributed by atoms with Gasteiger partial charge in [0.05, 0.1) is 12.8 Å². The Balaban J connectivity index is 2.64. The zero-order chi connectivity index (χ0) is 14.9. The van der Waals surface area contributed by atoms with Gasteiger partial charge in [-0.15, -0.1) is 11.8 Å². The zero-order valence-electron chi connectivity index (χ0n) is 11.8. The highest BCUT2D eigenvalue weighted by atomic mass is 32.2. The molecule has 0 saturated heterocycles. The number of thioether (sulfide) groups is 1. The van der Waals surface area contributed by atoms with Crippen LogP contribution in [0.15, 0.2) is 23.1 Å². The van der Waals surface area contributed by atoms with Gasteiger partial charge in [-0.05, 0) is 36.9 Å². The first kappa shape index (κ1) is 14.5. The Morgan fingerprint density at radius 1 is 1.40 bits per heavy atom. The van der Waals surface area contributed by atoms with Crippen molar-refractivity contribution < 1.29 is 14.6 Å². The first-order valence-corrected chi connectivity index (χ1v) is 7.20. The summed E-state index contributed by atoms with van der Waals surface area (Å²) in [5.41, 5.74) is 2.75. The molecule has 1 N–H and O–H groups in total. The van der Waals surface area contributed by atoms with Crippen molar-refractivity contribution >= 4 is 17.7 Å². The molecular weight excluding hydrogens is 276 g/mol. The van der Waals surface area contributed by atoms with Crippen LogP contribution >= 0.6 is 11.8 Å². The van der Waals surface area contributed by atoms with Gasteiger partial charge in [0.25, 0.3) is 0 Å². The summed E-state index contributed by atoms with van der Waals surface area (Å²) in [6.07, 6.45) is 1.99. The van der Waals surface area contributed by atoms with Crippen LogP contribution in [0.4, 0.5) is 0 Å². The Bertz CT molecular complexity index is 665. The number of aryl methyl sites for hydroxylation is 2. The molecule has 1 aromatic carbocycles. The molecule has 6 heteroatoms. The van der Waals surface area contributed by atoms with Crippen molar-refractivity contribution in [3.05, 3.63) is 29.5 Å². The van der Waals surface area contributed by atoms with E-state index < -0.39 is 5.97 Å². The number of aromatic nitrogens is 2. The molecule has 2 aromatic rings. The number of ether oxygens (including phenoxy) is 1. The van der Waals surface area contributed by atoms with Crippen molar-refractivity contribution in [1.82, 2.24) is 9.78 Å². The summed E-state index contributed by atoms with van der Waals surface area (Å²) in [4.78, 5) is 12.1. The lowest BCUT2D eigenvalue weighted by molar-refractivity contribution is 0.0689. The molecule has 2 rings (SSSR count). The maximum atomic E-state index is 11.0. The number of rotatable bonds is 4. The van der Waals surface area contributed by atoms with Crippen molar-refractivity contribution in [3.63, 3.8) is 0 Å². The van der Waals surface area contributed by atoms with Gasteiger partial charge in [-0.3, -0.25) is 4.68 Å². The third-order valence-electron chi connectivity index (χ3n) is 3.09. The molecule has 0 fully saturated rings. The van der Waals surface area contributed by atoms with E-state index in [9.17, 15) is 4.79 Å². The molecule has 0 bridgehead atoms. The van der Waals surface area contributed by atoms with Gasteiger partial charge in [0.2, 0.25) is 0 Å². The molecule has 0 atom stereocenters. The molecule has 0 aliphatic heterocycles. The number of carboxylic acid groups (broad SMARTS) is 1. The van der Waals surface area contributed by atoms with Crippen LogP contribution in [0.2, 0.25) is 0 Å². The Hall–Kier alpha value is -1.95. The summed E-state index contributed by atoms with van der Waals surface area (Å²) >= 11 is 1.61. The summed E-state index contributed by atoms with van der Waals surface area (Å²) in [5, 5.41) is 13.0. The second-order valence-electron chi connectivity index (χ2n) is 4.37. The van der Waals surface area contributed by atoms with Gasteiger partial charge in [-0.25, -0.2) is 4.79 Å². The predicted octanol–water partition coefficient (Wildman–Crippen LogP) is 2.82. The van der Waals surface area contributed by atoms with E-state index in [-0.39, 0.29) is 5.69 Å². The fourth-order valence-corrected chi connectivity index (χ4v) is 2.75. The standard InChI is InChI=1S/C14H16N2O3S/c1-8-5-13(20-4)9(6-12(8)19-3)11-7-10(14(17)18)15-16(11)2/h5-7H,1-4H3,(H,17,18). The van der Waals surface area contributed by atoms with Gasteiger partial charge in [0.1, 0.15) is 5.75 Å². The maximum absolute atomic E-state index is 11.0. The zero-order valence-corrected chi connectivity index (χ0v) is 12.6. The first-order valence-electron chi connectivity index (χ1n) is 5.98. The quantitative estimate of drug-likeness (QED) is 0.878. The summed E-state index contributed by atoms with van der Waals surface area (Å²) in [6, 6.07) is 5.53. The topological polar surface area (TPSA) is 64.3 Å². The van der Waals surface area contributed by atoms with Crippen molar-refractivity contribution in [3.8, 4) is 17.0 Å². The van der Waals surface area contributed by atoms with Crippen LogP contribution in [0.3, 0.4) is 0 Å². The Kier molecular flexibility index (Phi) is 4.04. The molecule has 0 aliphatic carbocycles. The average Bonchev–Trinajstić information content (AvgIpc) is 2.80. The number of nitrogens with zero attached hydrogens (tertiary/aromatic N) is 2. The molecule has 0 unspecified atom stereocenters. The van der Waals surface area contributed by atoms with Crippen LogP contribution in [-0.4, -0.2) is 34.2 Å². The van der Waals surface area contributed by atoms with E-state index >= 15 is 0 Å². The molecule has 5 nitrogen and oxygen atoms in total. The Morgan fingerprint density at radius 3 is 2.60 bits per heavy atom. The number of aromatic carboxylic acids is 1. The van der Waals surface area contributed by atoms with E-state index in [1.165, 1.54) is 0 Å². The van der Waals surface area contributed by atoms with Crippen molar-refractivity contribution in [2.45, 2.75) is 11.8 Å². The third kappa shape index (κ3) is 2.51. The molecular formula is C14H16N2O3S. The molecule has 0 radical (unpaired) electrons. The minimum absolute atomic E-state index is 0.0362. The monoisotopic (exact) mass is 292 g/mol. The minimum Gasteiger partial charge on any atom is -0.496 e. The number of carbonyl (C=O) groups is 1. The second-order valence-corrected chi connectivity index (χ2v) is 5.21. The molecule has 0 saturated carbocycles. The summed E-state index contributed by atoms with van der Waals surface area (Å²) < 4.78 is 6.92. The maximum Gasteiger partial charge on any atom is 0.356 e. The molecule has 1 heterocycles. The van der Waals surface area contributed by atoms with Crippen LogP contribution in [-0.2, 0) is 7.05 Å². The van der Waals surface area contributed by atoms with Crippen molar-refractivity contribution in [1.29, 1.82) is 0 Å². The van der Waals surface area contributed by atoms with Crippen LogP contribution in [0.5, 0.6) is 5.75 Å². The molecule has 20 heavy (non-hydrogen) atoms. The fourth-order valence-electron chi connectivity index (χ4n) is 2.07. The minimum atomic E-state index is -1.03. The highest BCUT2D eigenvalue weighted by Crippen LogP contribution is 2.35. The molecule has 0 amide bonds. The highest BCUT2D eigenvalue weighted by molar-refractivity contribution is 7.98. The SMILES string of the molecule is COc1cc(-c2cc(C(=O)O)nn2C)c(SC)cc1C. The summed E-state index contributed by atoms with van der Waals surface area (Å²) in [6.45, 7) is 1.98. The van der Waals surface area contributed by atoms with Gasteiger partial charge in [0, 0.05) is 17.5 Å². The fraction of sp³-hybridized carbons (Fsp3) is 0.286. The normalized spacial score (nSPS) is 10.6. The van der Waals surface area contributed by atoms with Gasteiger partial charge in [-0.2, -0.15) is 5.10 Å². The van der Waals surface area contributed by atoms with E-state index in [0.717, 1.165) is 27.5 Å². The van der Waals surface area contributed by atoms with Crippen molar-refractivity contribution in [2.24, 2.45) is 7.05 Å². The van der Waals surface area contributed by atoms with Gasteiger partial charge in [-0.1, -0.05) is 0 Å². The number of benzene rings is 1. The van der Waals surface area contributed by atoms with E-state index in [4.69, 9.17) is 9.84 Å². The molecule has 1 aromatic heterocycles. The van der Waals surface area contributed by atoms with E-state index in [1.807, 2.05) is 25.3 Å². The lowest BCUT2D eigenvalue weighted by atomic mass is 10.1. The van der Waals surface area contributed by atoms with Crippen LogP contribution in [0, 0.1) is 6.92 Å². The highest BCUT2D eigenvalue weighted by Gasteiger charge is 2.16. The van der Waals surface area contributed by atoms with Crippen LogP contribution < -0.4 is 4.74 Å². The average molecular weight is 292 g/mol. The second kappa shape index (κ2) is 5.58. The van der Waals surface area contributed by atoms with Crippen molar-refractivity contribution in [2.75, 3.05) is 13.4 Å².